The zero-order valence-corrected chi connectivity index (χ0v) is 8.48. The second kappa shape index (κ2) is 5.15. The van der Waals surface area contributed by atoms with E-state index in [1.165, 1.54) is 6.08 Å². The van der Waals surface area contributed by atoms with Crippen LogP contribution in [0.3, 0.4) is 0 Å². The van der Waals surface area contributed by atoms with Gasteiger partial charge in [0.1, 0.15) is 6.42 Å². The Kier molecular flexibility index (Phi) is 3.86. The number of amides is 2. The standard InChI is InChI=1S/C10H13N3O2/c1-2-9(14)12-5-7-13(8-6-12)10(15)3-4-11/h2H,1,3,5-8H2. The molecule has 0 aliphatic carbocycles. The molecule has 0 saturated carbocycles. The second-order valence-electron chi connectivity index (χ2n) is 3.25. The fourth-order valence-electron chi connectivity index (χ4n) is 1.48. The van der Waals surface area contributed by atoms with Crippen LogP contribution in [-0.2, 0) is 9.59 Å². The van der Waals surface area contributed by atoms with Crippen LogP contribution in [-0.4, -0.2) is 47.8 Å². The number of piperazine rings is 1. The predicted molar refractivity (Wildman–Crippen MR) is 53.6 cm³/mol. The third-order valence-electron chi connectivity index (χ3n) is 2.35. The Bertz CT molecular complexity index is 311. The van der Waals surface area contributed by atoms with Crippen molar-refractivity contribution in [2.45, 2.75) is 6.42 Å². The van der Waals surface area contributed by atoms with Gasteiger partial charge >= 0.3 is 0 Å². The molecule has 0 aromatic carbocycles. The van der Waals surface area contributed by atoms with E-state index in [1.54, 1.807) is 9.80 Å². The van der Waals surface area contributed by atoms with Crippen molar-refractivity contribution in [1.29, 1.82) is 5.26 Å². The van der Waals surface area contributed by atoms with Gasteiger partial charge in [-0.3, -0.25) is 9.59 Å². The Hall–Kier alpha value is -1.83. The first-order valence-corrected chi connectivity index (χ1v) is 4.75. The number of carbonyl (C=O) groups is 2. The molecule has 1 rings (SSSR count). The van der Waals surface area contributed by atoms with E-state index in [1.807, 2.05) is 6.07 Å². The Morgan fingerprint density at radius 3 is 2.27 bits per heavy atom. The van der Waals surface area contributed by atoms with Crippen molar-refractivity contribution in [3.63, 3.8) is 0 Å². The predicted octanol–water partition coefficient (Wildman–Crippen LogP) is -0.243. The Morgan fingerprint density at radius 1 is 1.27 bits per heavy atom. The van der Waals surface area contributed by atoms with E-state index in [4.69, 9.17) is 5.26 Å². The largest absolute Gasteiger partial charge is 0.338 e. The van der Waals surface area contributed by atoms with E-state index in [9.17, 15) is 9.59 Å². The van der Waals surface area contributed by atoms with Gasteiger partial charge in [0.2, 0.25) is 11.8 Å². The van der Waals surface area contributed by atoms with Gasteiger partial charge in [0, 0.05) is 26.2 Å². The van der Waals surface area contributed by atoms with E-state index in [0.717, 1.165) is 0 Å². The molecule has 0 aromatic rings. The molecule has 0 bridgehead atoms. The van der Waals surface area contributed by atoms with Crippen LogP contribution in [0.5, 0.6) is 0 Å². The van der Waals surface area contributed by atoms with Gasteiger partial charge in [0.25, 0.3) is 0 Å². The van der Waals surface area contributed by atoms with E-state index in [-0.39, 0.29) is 18.2 Å². The molecule has 1 heterocycles. The van der Waals surface area contributed by atoms with E-state index < -0.39 is 0 Å². The number of rotatable bonds is 2. The maximum Gasteiger partial charge on any atom is 0.246 e. The second-order valence-corrected chi connectivity index (χ2v) is 3.25. The maximum absolute atomic E-state index is 11.3. The zero-order valence-electron chi connectivity index (χ0n) is 8.48. The summed E-state index contributed by atoms with van der Waals surface area (Å²) in [5.74, 6) is -0.273. The highest BCUT2D eigenvalue weighted by molar-refractivity contribution is 5.87. The maximum atomic E-state index is 11.3. The first-order valence-electron chi connectivity index (χ1n) is 4.75. The minimum Gasteiger partial charge on any atom is -0.338 e. The summed E-state index contributed by atoms with van der Waals surface area (Å²) < 4.78 is 0. The molecule has 1 fully saturated rings. The molecule has 5 heteroatoms. The quantitative estimate of drug-likeness (QED) is 0.587. The first-order chi connectivity index (χ1) is 7.19. The van der Waals surface area contributed by atoms with Crippen molar-refractivity contribution < 1.29 is 9.59 Å². The topological polar surface area (TPSA) is 64.4 Å². The molecule has 1 saturated heterocycles. The Morgan fingerprint density at radius 2 is 1.80 bits per heavy atom. The fraction of sp³-hybridized carbons (Fsp3) is 0.500. The van der Waals surface area contributed by atoms with Gasteiger partial charge in [-0.1, -0.05) is 6.58 Å². The summed E-state index contributed by atoms with van der Waals surface area (Å²) in [7, 11) is 0. The summed E-state index contributed by atoms with van der Waals surface area (Å²) in [6, 6.07) is 1.82. The monoisotopic (exact) mass is 207 g/mol. The molecule has 0 atom stereocenters. The Labute approximate surface area is 88.6 Å². The summed E-state index contributed by atoms with van der Waals surface area (Å²) in [5.41, 5.74) is 0. The number of hydrogen-bond acceptors (Lipinski definition) is 3. The molecule has 0 spiro atoms. The summed E-state index contributed by atoms with van der Waals surface area (Å²) in [5, 5.41) is 8.37. The molecule has 15 heavy (non-hydrogen) atoms. The first kappa shape index (κ1) is 11.2. The summed E-state index contributed by atoms with van der Waals surface area (Å²) in [6.45, 7) is 5.44. The normalized spacial score (nSPS) is 15.7. The van der Waals surface area contributed by atoms with Crippen LogP contribution in [0, 0.1) is 11.3 Å². The number of hydrogen-bond donors (Lipinski definition) is 0. The van der Waals surface area contributed by atoms with Gasteiger partial charge < -0.3 is 9.80 Å². The minimum absolute atomic E-state index is 0.0879. The lowest BCUT2D eigenvalue weighted by Crippen LogP contribution is -2.50. The van der Waals surface area contributed by atoms with Gasteiger partial charge in [0.05, 0.1) is 6.07 Å². The van der Waals surface area contributed by atoms with Gasteiger partial charge in [-0.15, -0.1) is 0 Å². The lowest BCUT2D eigenvalue weighted by atomic mass is 10.3. The number of nitrogens with zero attached hydrogens (tertiary/aromatic N) is 3. The van der Waals surface area contributed by atoms with Crippen molar-refractivity contribution in [1.82, 2.24) is 9.80 Å². The molecule has 5 nitrogen and oxygen atoms in total. The van der Waals surface area contributed by atoms with E-state index in [2.05, 4.69) is 6.58 Å². The van der Waals surface area contributed by atoms with Crippen LogP contribution in [0.2, 0.25) is 0 Å². The van der Waals surface area contributed by atoms with Crippen molar-refractivity contribution in [2.24, 2.45) is 0 Å². The molecule has 1 aliphatic heterocycles. The highest BCUT2D eigenvalue weighted by atomic mass is 16.2. The molecule has 1 aliphatic rings. The SMILES string of the molecule is C=CC(=O)N1CCN(C(=O)CC#N)CC1. The number of carbonyl (C=O) groups excluding carboxylic acids is 2. The van der Waals surface area contributed by atoms with Crippen LogP contribution < -0.4 is 0 Å². The Balaban J connectivity index is 2.42. The summed E-state index contributed by atoms with van der Waals surface area (Å²) in [4.78, 5) is 25.8. The van der Waals surface area contributed by atoms with Gasteiger partial charge in [0.15, 0.2) is 0 Å². The van der Waals surface area contributed by atoms with Crippen LogP contribution in [0.1, 0.15) is 6.42 Å². The van der Waals surface area contributed by atoms with Crippen molar-refractivity contribution in [2.75, 3.05) is 26.2 Å². The minimum atomic E-state index is -0.164. The van der Waals surface area contributed by atoms with Crippen LogP contribution >= 0.6 is 0 Å². The average Bonchev–Trinajstić information content (AvgIpc) is 2.28. The summed E-state index contributed by atoms with van der Waals surface area (Å²) in [6.07, 6.45) is 1.18. The lowest BCUT2D eigenvalue weighted by Gasteiger charge is -2.33. The smallest absolute Gasteiger partial charge is 0.246 e. The van der Waals surface area contributed by atoms with Crippen molar-refractivity contribution in [3.05, 3.63) is 12.7 Å². The highest BCUT2D eigenvalue weighted by Gasteiger charge is 2.22. The van der Waals surface area contributed by atoms with Crippen LogP contribution in [0.15, 0.2) is 12.7 Å². The molecule has 0 aromatic heterocycles. The number of nitriles is 1. The third kappa shape index (κ3) is 2.81. The lowest BCUT2D eigenvalue weighted by molar-refractivity contribution is -0.136. The highest BCUT2D eigenvalue weighted by Crippen LogP contribution is 2.04. The molecule has 0 unspecified atom stereocenters. The van der Waals surface area contributed by atoms with E-state index in [0.29, 0.717) is 26.2 Å². The molecule has 80 valence electrons. The van der Waals surface area contributed by atoms with Gasteiger partial charge in [-0.05, 0) is 6.08 Å². The van der Waals surface area contributed by atoms with Crippen molar-refractivity contribution >= 4 is 11.8 Å². The molecular formula is C10H13N3O2. The molecule has 0 N–H and O–H groups in total. The zero-order chi connectivity index (χ0) is 11.3. The third-order valence-corrected chi connectivity index (χ3v) is 2.35. The van der Waals surface area contributed by atoms with Crippen LogP contribution in [0.4, 0.5) is 0 Å². The molecule has 2 amide bonds. The summed E-state index contributed by atoms with van der Waals surface area (Å²) >= 11 is 0. The van der Waals surface area contributed by atoms with E-state index >= 15 is 0 Å². The van der Waals surface area contributed by atoms with Crippen LogP contribution in [0.25, 0.3) is 0 Å². The average molecular weight is 207 g/mol. The van der Waals surface area contributed by atoms with Crippen molar-refractivity contribution in [3.8, 4) is 6.07 Å². The molecular weight excluding hydrogens is 194 g/mol. The van der Waals surface area contributed by atoms with Gasteiger partial charge in [-0.25, -0.2) is 0 Å². The van der Waals surface area contributed by atoms with Gasteiger partial charge in [-0.2, -0.15) is 5.26 Å². The fourth-order valence-corrected chi connectivity index (χ4v) is 1.48. The molecule has 0 radical (unpaired) electrons.